The lowest BCUT2D eigenvalue weighted by Gasteiger charge is -2.34. The van der Waals surface area contributed by atoms with Gasteiger partial charge in [-0.15, -0.1) is 0 Å². The van der Waals surface area contributed by atoms with Gasteiger partial charge < -0.3 is 9.64 Å². The number of hydrogen-bond acceptors (Lipinski definition) is 3. The molecule has 0 N–H and O–H groups in total. The SMILES string of the molecule is COCCN1CCN(C(=O)C(F)(F)F)CC1. The molecule has 1 aliphatic heterocycles. The minimum Gasteiger partial charge on any atom is -0.383 e. The Balaban J connectivity index is 2.34. The lowest BCUT2D eigenvalue weighted by Crippen LogP contribution is -2.52. The molecule has 0 atom stereocenters. The van der Waals surface area contributed by atoms with Crippen LogP contribution in [0.4, 0.5) is 13.2 Å². The van der Waals surface area contributed by atoms with Crippen LogP contribution in [-0.2, 0) is 9.53 Å². The van der Waals surface area contributed by atoms with Crippen molar-refractivity contribution in [2.45, 2.75) is 6.18 Å². The highest BCUT2D eigenvalue weighted by atomic mass is 19.4. The molecule has 1 heterocycles. The fourth-order valence-electron chi connectivity index (χ4n) is 1.57. The number of amides is 1. The van der Waals surface area contributed by atoms with Gasteiger partial charge in [0, 0.05) is 39.8 Å². The van der Waals surface area contributed by atoms with Gasteiger partial charge in [0.2, 0.25) is 0 Å². The summed E-state index contributed by atoms with van der Waals surface area (Å²) in [6.07, 6.45) is -4.76. The van der Waals surface area contributed by atoms with Crippen molar-refractivity contribution < 1.29 is 22.7 Å². The molecule has 4 nitrogen and oxygen atoms in total. The first kappa shape index (κ1) is 13.2. The van der Waals surface area contributed by atoms with E-state index in [1.54, 1.807) is 7.11 Å². The molecule has 0 aromatic carbocycles. The van der Waals surface area contributed by atoms with Crippen LogP contribution >= 0.6 is 0 Å². The van der Waals surface area contributed by atoms with Crippen molar-refractivity contribution in [1.29, 1.82) is 0 Å². The maximum absolute atomic E-state index is 12.1. The Morgan fingerprint density at radius 2 is 1.81 bits per heavy atom. The summed E-state index contributed by atoms with van der Waals surface area (Å²) in [6, 6.07) is 0. The van der Waals surface area contributed by atoms with E-state index in [1.807, 2.05) is 4.90 Å². The van der Waals surface area contributed by atoms with Gasteiger partial charge in [-0.25, -0.2) is 0 Å². The maximum atomic E-state index is 12.1. The fourth-order valence-corrected chi connectivity index (χ4v) is 1.57. The van der Waals surface area contributed by atoms with Crippen LogP contribution in [0.1, 0.15) is 0 Å². The zero-order valence-electron chi connectivity index (χ0n) is 9.09. The molecule has 1 rings (SSSR count). The van der Waals surface area contributed by atoms with Crippen molar-refractivity contribution in [2.75, 3.05) is 46.4 Å². The van der Waals surface area contributed by atoms with Gasteiger partial charge in [-0.1, -0.05) is 0 Å². The van der Waals surface area contributed by atoms with E-state index >= 15 is 0 Å². The summed E-state index contributed by atoms with van der Waals surface area (Å²) in [6.45, 7) is 2.41. The van der Waals surface area contributed by atoms with Crippen molar-refractivity contribution in [1.82, 2.24) is 9.80 Å². The van der Waals surface area contributed by atoms with Crippen LogP contribution in [0.25, 0.3) is 0 Å². The maximum Gasteiger partial charge on any atom is 0.471 e. The Morgan fingerprint density at radius 1 is 1.25 bits per heavy atom. The molecule has 0 radical (unpaired) electrons. The average Bonchev–Trinajstić information content (AvgIpc) is 2.25. The summed E-state index contributed by atoms with van der Waals surface area (Å²) in [5, 5.41) is 0. The molecule has 1 fully saturated rings. The summed E-state index contributed by atoms with van der Waals surface area (Å²) in [7, 11) is 1.57. The van der Waals surface area contributed by atoms with Crippen molar-refractivity contribution in [3.63, 3.8) is 0 Å². The molecule has 0 saturated carbocycles. The van der Waals surface area contributed by atoms with Crippen molar-refractivity contribution >= 4 is 5.91 Å². The van der Waals surface area contributed by atoms with Gasteiger partial charge in [0.15, 0.2) is 0 Å². The predicted molar refractivity (Wildman–Crippen MR) is 51.0 cm³/mol. The second-order valence-electron chi connectivity index (χ2n) is 3.62. The fraction of sp³-hybridized carbons (Fsp3) is 0.889. The molecule has 0 aromatic heterocycles. The highest BCUT2D eigenvalue weighted by Crippen LogP contribution is 2.19. The first-order valence-electron chi connectivity index (χ1n) is 5.02. The zero-order chi connectivity index (χ0) is 12.2. The number of hydrogen-bond donors (Lipinski definition) is 0. The third-order valence-corrected chi connectivity index (χ3v) is 2.51. The highest BCUT2D eigenvalue weighted by molar-refractivity contribution is 5.81. The number of piperazine rings is 1. The minimum absolute atomic E-state index is 0.127. The van der Waals surface area contributed by atoms with Crippen LogP contribution in [0.3, 0.4) is 0 Å². The first-order chi connectivity index (χ1) is 7.45. The average molecular weight is 240 g/mol. The number of halogens is 3. The third kappa shape index (κ3) is 3.64. The van der Waals surface area contributed by atoms with Gasteiger partial charge in [0.1, 0.15) is 0 Å². The molecule has 0 bridgehead atoms. The molecular formula is C9H15F3N2O2. The van der Waals surface area contributed by atoms with Crippen LogP contribution in [0, 0.1) is 0 Å². The molecule has 1 amide bonds. The molecule has 0 unspecified atom stereocenters. The van der Waals surface area contributed by atoms with Gasteiger partial charge >= 0.3 is 12.1 Å². The van der Waals surface area contributed by atoms with Crippen LogP contribution < -0.4 is 0 Å². The topological polar surface area (TPSA) is 32.8 Å². The summed E-state index contributed by atoms with van der Waals surface area (Å²) in [4.78, 5) is 13.7. The van der Waals surface area contributed by atoms with Crippen molar-refractivity contribution in [2.24, 2.45) is 0 Å². The van der Waals surface area contributed by atoms with E-state index in [9.17, 15) is 18.0 Å². The predicted octanol–water partition coefficient (Wildman–Crippen LogP) is 0.339. The number of carbonyl (C=O) groups excluding carboxylic acids is 1. The number of alkyl halides is 3. The molecule has 7 heteroatoms. The van der Waals surface area contributed by atoms with E-state index in [2.05, 4.69) is 0 Å². The second-order valence-corrected chi connectivity index (χ2v) is 3.62. The van der Waals surface area contributed by atoms with Gasteiger partial charge in [-0.3, -0.25) is 9.69 Å². The van der Waals surface area contributed by atoms with Crippen molar-refractivity contribution in [3.8, 4) is 0 Å². The van der Waals surface area contributed by atoms with E-state index in [4.69, 9.17) is 4.74 Å². The molecule has 1 aliphatic rings. The van der Waals surface area contributed by atoms with Gasteiger partial charge in [0.05, 0.1) is 6.61 Å². The number of ether oxygens (including phenoxy) is 1. The molecule has 94 valence electrons. The highest BCUT2D eigenvalue weighted by Gasteiger charge is 2.43. The smallest absolute Gasteiger partial charge is 0.383 e. The number of nitrogens with zero attached hydrogens (tertiary/aromatic N) is 2. The molecule has 0 spiro atoms. The Labute approximate surface area is 91.9 Å². The van der Waals surface area contributed by atoms with Crippen LogP contribution in [-0.4, -0.2) is 68.3 Å². The number of rotatable bonds is 3. The Hall–Kier alpha value is -0.820. The van der Waals surface area contributed by atoms with Gasteiger partial charge in [-0.05, 0) is 0 Å². The third-order valence-electron chi connectivity index (χ3n) is 2.51. The van der Waals surface area contributed by atoms with E-state index in [0.29, 0.717) is 26.2 Å². The quantitative estimate of drug-likeness (QED) is 0.713. The van der Waals surface area contributed by atoms with E-state index in [0.717, 1.165) is 4.90 Å². The summed E-state index contributed by atoms with van der Waals surface area (Å²) >= 11 is 0. The summed E-state index contributed by atoms with van der Waals surface area (Å²) in [5.41, 5.74) is 0. The molecule has 16 heavy (non-hydrogen) atoms. The largest absolute Gasteiger partial charge is 0.471 e. The molecule has 1 saturated heterocycles. The number of methoxy groups -OCH3 is 1. The van der Waals surface area contributed by atoms with Gasteiger partial charge in [0.25, 0.3) is 0 Å². The van der Waals surface area contributed by atoms with Crippen LogP contribution in [0.15, 0.2) is 0 Å². The monoisotopic (exact) mass is 240 g/mol. The Kier molecular flexibility index (Phi) is 4.55. The van der Waals surface area contributed by atoms with E-state index < -0.39 is 12.1 Å². The normalized spacial score (nSPS) is 18.9. The minimum atomic E-state index is -4.76. The molecular weight excluding hydrogens is 225 g/mol. The van der Waals surface area contributed by atoms with Crippen molar-refractivity contribution in [3.05, 3.63) is 0 Å². The summed E-state index contributed by atoms with van der Waals surface area (Å²) < 4.78 is 41.2. The van der Waals surface area contributed by atoms with E-state index in [1.165, 1.54) is 0 Å². The molecule has 0 aliphatic carbocycles. The van der Waals surface area contributed by atoms with Crippen LogP contribution in [0.2, 0.25) is 0 Å². The Morgan fingerprint density at radius 3 is 2.25 bits per heavy atom. The van der Waals surface area contributed by atoms with Gasteiger partial charge in [-0.2, -0.15) is 13.2 Å². The van der Waals surface area contributed by atoms with E-state index in [-0.39, 0.29) is 13.1 Å². The number of carbonyl (C=O) groups is 1. The second kappa shape index (κ2) is 5.49. The lowest BCUT2D eigenvalue weighted by molar-refractivity contribution is -0.187. The first-order valence-corrected chi connectivity index (χ1v) is 5.02. The Bertz CT molecular complexity index is 237. The van der Waals surface area contributed by atoms with Crippen LogP contribution in [0.5, 0.6) is 0 Å². The zero-order valence-corrected chi connectivity index (χ0v) is 9.09. The lowest BCUT2D eigenvalue weighted by atomic mass is 10.3. The molecule has 0 aromatic rings. The summed E-state index contributed by atoms with van der Waals surface area (Å²) in [5.74, 6) is -1.74. The standard InChI is InChI=1S/C9H15F3N2O2/c1-16-7-6-13-2-4-14(5-3-13)8(15)9(10,11)12/h2-7H2,1H3.